The Kier molecular flexibility index (Phi) is 5.83. The van der Waals surface area contributed by atoms with Crippen molar-refractivity contribution >= 4 is 23.5 Å². The molecule has 0 radical (unpaired) electrons. The molecule has 1 amide bonds. The van der Waals surface area contributed by atoms with E-state index in [2.05, 4.69) is 20.7 Å². The van der Waals surface area contributed by atoms with Crippen molar-refractivity contribution in [2.45, 2.75) is 31.7 Å². The number of hydrogen-bond donors (Lipinski definition) is 4. The van der Waals surface area contributed by atoms with Crippen LogP contribution < -0.4 is 16.3 Å². The highest BCUT2D eigenvalue weighted by Crippen LogP contribution is 2.25. The second-order valence-corrected chi connectivity index (χ2v) is 7.54. The lowest BCUT2D eigenvalue weighted by molar-refractivity contribution is -0.143. The molecule has 1 saturated carbocycles. The van der Waals surface area contributed by atoms with Gasteiger partial charge >= 0.3 is 11.7 Å². The number of H-pyrrole nitrogens is 1. The molecular weight excluding hydrogens is 398 g/mol. The van der Waals surface area contributed by atoms with Crippen molar-refractivity contribution in [3.05, 3.63) is 70.6 Å². The second kappa shape index (κ2) is 8.86. The van der Waals surface area contributed by atoms with Crippen LogP contribution in [-0.2, 0) is 4.79 Å². The summed E-state index contributed by atoms with van der Waals surface area (Å²) >= 11 is 0. The second-order valence-electron chi connectivity index (χ2n) is 7.54. The Morgan fingerprint density at radius 3 is 2.45 bits per heavy atom. The summed E-state index contributed by atoms with van der Waals surface area (Å²) in [5.41, 5.74) is 1.35. The minimum absolute atomic E-state index is 0.276. The number of para-hydroxylation sites is 1. The number of nitrogens with zero attached hydrogens (tertiary/aromatic N) is 2. The quantitative estimate of drug-likeness (QED) is 0.484. The van der Waals surface area contributed by atoms with E-state index in [9.17, 15) is 19.5 Å². The fourth-order valence-electron chi connectivity index (χ4n) is 3.82. The Labute approximate surface area is 178 Å². The van der Waals surface area contributed by atoms with E-state index >= 15 is 0 Å². The Bertz CT molecular complexity index is 1120. The molecule has 0 aliphatic heterocycles. The topological polar surface area (TPSA) is 129 Å². The Hall–Kier alpha value is -3.88. The molecule has 1 aromatic heterocycles. The fraction of sp³-hybridized carbons (Fsp3) is 0.273. The molecule has 0 saturated heterocycles. The number of carbonyl (C=O) groups excluding carboxylic acids is 1. The van der Waals surface area contributed by atoms with E-state index in [0.717, 1.165) is 12.8 Å². The highest BCUT2D eigenvalue weighted by atomic mass is 16.4. The maximum atomic E-state index is 12.6. The Morgan fingerprint density at radius 2 is 1.74 bits per heavy atom. The van der Waals surface area contributed by atoms with Gasteiger partial charge in [-0.3, -0.25) is 14.6 Å². The van der Waals surface area contributed by atoms with Crippen molar-refractivity contribution in [3.63, 3.8) is 0 Å². The van der Waals surface area contributed by atoms with E-state index in [0.29, 0.717) is 29.8 Å². The van der Waals surface area contributed by atoms with Crippen LogP contribution in [0.5, 0.6) is 0 Å². The summed E-state index contributed by atoms with van der Waals surface area (Å²) in [6, 6.07) is 15.4. The molecule has 31 heavy (non-hydrogen) atoms. The zero-order valence-corrected chi connectivity index (χ0v) is 16.7. The molecule has 9 heteroatoms. The van der Waals surface area contributed by atoms with E-state index in [1.54, 1.807) is 36.4 Å². The SMILES string of the molecule is O=C(N[C@H]1CCCC[C@H]1C(=O)O)c1ccc(Nc2nn(-c3ccccc3)c(=O)[nH]2)cc1. The van der Waals surface area contributed by atoms with E-state index in [4.69, 9.17) is 0 Å². The predicted molar refractivity (Wildman–Crippen MR) is 115 cm³/mol. The van der Waals surface area contributed by atoms with Crippen LogP contribution >= 0.6 is 0 Å². The number of aromatic nitrogens is 3. The average Bonchev–Trinajstić information content (AvgIpc) is 3.15. The van der Waals surface area contributed by atoms with E-state index in [1.165, 1.54) is 4.68 Å². The average molecular weight is 421 g/mol. The zero-order chi connectivity index (χ0) is 21.8. The van der Waals surface area contributed by atoms with Crippen molar-refractivity contribution in [2.24, 2.45) is 5.92 Å². The first-order valence-corrected chi connectivity index (χ1v) is 10.2. The third-order valence-electron chi connectivity index (χ3n) is 5.43. The molecule has 0 bridgehead atoms. The smallest absolute Gasteiger partial charge is 0.349 e. The summed E-state index contributed by atoms with van der Waals surface area (Å²) in [5, 5.41) is 19.5. The van der Waals surface area contributed by atoms with E-state index < -0.39 is 11.9 Å². The molecule has 4 rings (SSSR count). The van der Waals surface area contributed by atoms with Gasteiger partial charge in [-0.1, -0.05) is 31.0 Å². The molecule has 2 atom stereocenters. The van der Waals surface area contributed by atoms with Gasteiger partial charge in [-0.05, 0) is 49.2 Å². The summed E-state index contributed by atoms with van der Waals surface area (Å²) in [4.78, 5) is 38.8. The number of carbonyl (C=O) groups is 2. The third kappa shape index (κ3) is 4.66. The van der Waals surface area contributed by atoms with Crippen molar-refractivity contribution < 1.29 is 14.7 Å². The van der Waals surface area contributed by atoms with Crippen LogP contribution in [0.4, 0.5) is 11.6 Å². The summed E-state index contributed by atoms with van der Waals surface area (Å²) in [7, 11) is 0. The largest absolute Gasteiger partial charge is 0.481 e. The number of rotatable bonds is 6. The van der Waals surface area contributed by atoms with Gasteiger partial charge in [0.1, 0.15) is 0 Å². The maximum absolute atomic E-state index is 12.6. The van der Waals surface area contributed by atoms with Crippen LogP contribution in [0.3, 0.4) is 0 Å². The fourth-order valence-corrected chi connectivity index (χ4v) is 3.82. The predicted octanol–water partition coefficient (Wildman–Crippen LogP) is 2.68. The summed E-state index contributed by atoms with van der Waals surface area (Å²) in [6.07, 6.45) is 3.02. The number of carboxylic acids is 1. The number of hydrogen-bond acceptors (Lipinski definition) is 5. The van der Waals surface area contributed by atoms with Crippen LogP contribution in [0.25, 0.3) is 5.69 Å². The minimum atomic E-state index is -0.867. The summed E-state index contributed by atoms with van der Waals surface area (Å²) < 4.78 is 1.26. The van der Waals surface area contributed by atoms with Crippen LogP contribution in [0.2, 0.25) is 0 Å². The lowest BCUT2D eigenvalue weighted by Crippen LogP contribution is -2.45. The molecule has 1 aliphatic carbocycles. The molecule has 1 heterocycles. The van der Waals surface area contributed by atoms with Crippen LogP contribution in [0.1, 0.15) is 36.0 Å². The van der Waals surface area contributed by atoms with Crippen LogP contribution in [0, 0.1) is 5.92 Å². The van der Waals surface area contributed by atoms with Gasteiger partial charge in [-0.15, -0.1) is 5.10 Å². The normalized spacial score (nSPS) is 18.3. The van der Waals surface area contributed by atoms with Gasteiger partial charge in [0, 0.05) is 17.3 Å². The van der Waals surface area contributed by atoms with E-state index in [1.807, 2.05) is 18.2 Å². The van der Waals surface area contributed by atoms with E-state index in [-0.39, 0.29) is 23.6 Å². The number of nitrogens with one attached hydrogen (secondary N) is 3. The number of amides is 1. The van der Waals surface area contributed by atoms with Crippen molar-refractivity contribution in [1.29, 1.82) is 0 Å². The number of benzene rings is 2. The molecule has 3 aromatic rings. The van der Waals surface area contributed by atoms with Gasteiger partial charge in [-0.2, -0.15) is 4.68 Å². The number of aliphatic carboxylic acids is 1. The van der Waals surface area contributed by atoms with Gasteiger partial charge in [-0.25, -0.2) is 4.79 Å². The first-order chi connectivity index (χ1) is 15.0. The number of anilines is 2. The van der Waals surface area contributed by atoms with Crippen molar-refractivity contribution in [1.82, 2.24) is 20.1 Å². The first-order valence-electron chi connectivity index (χ1n) is 10.2. The lowest BCUT2D eigenvalue weighted by atomic mass is 9.84. The zero-order valence-electron chi connectivity index (χ0n) is 16.7. The molecule has 0 spiro atoms. The van der Waals surface area contributed by atoms with Crippen molar-refractivity contribution in [2.75, 3.05) is 5.32 Å². The molecule has 4 N–H and O–H groups in total. The van der Waals surface area contributed by atoms with Gasteiger partial charge in [0.05, 0.1) is 11.6 Å². The number of aromatic amines is 1. The van der Waals surface area contributed by atoms with Crippen molar-refractivity contribution in [3.8, 4) is 5.69 Å². The number of carboxylic acid groups (broad SMARTS) is 1. The highest BCUT2D eigenvalue weighted by molar-refractivity contribution is 5.95. The Balaban J connectivity index is 1.42. The standard InChI is InChI=1S/C22H23N5O4/c28-19(24-18-9-5-4-8-17(18)20(29)30)14-10-12-15(13-11-14)23-21-25-22(31)27(26-21)16-6-2-1-3-7-16/h1-3,6-7,10-13,17-18H,4-5,8-9H2,(H,24,28)(H,29,30)(H2,23,25,26,31)/t17-,18+/m1/s1. The first kappa shape index (κ1) is 20.4. The highest BCUT2D eigenvalue weighted by Gasteiger charge is 2.31. The third-order valence-corrected chi connectivity index (χ3v) is 5.43. The van der Waals surface area contributed by atoms with Gasteiger partial charge in [0.25, 0.3) is 5.91 Å². The molecule has 9 nitrogen and oxygen atoms in total. The molecule has 2 aromatic carbocycles. The van der Waals surface area contributed by atoms with Gasteiger partial charge in [0.15, 0.2) is 0 Å². The summed E-state index contributed by atoms with van der Waals surface area (Å²) in [5.74, 6) is -1.44. The monoisotopic (exact) mass is 421 g/mol. The molecule has 160 valence electrons. The maximum Gasteiger partial charge on any atom is 0.349 e. The molecule has 1 aliphatic rings. The van der Waals surface area contributed by atoms with Crippen LogP contribution in [-0.4, -0.2) is 37.8 Å². The molecular formula is C22H23N5O4. The molecule has 0 unspecified atom stereocenters. The molecule has 1 fully saturated rings. The minimum Gasteiger partial charge on any atom is -0.481 e. The summed E-state index contributed by atoms with van der Waals surface area (Å²) in [6.45, 7) is 0. The van der Waals surface area contributed by atoms with Gasteiger partial charge < -0.3 is 15.7 Å². The lowest BCUT2D eigenvalue weighted by Gasteiger charge is -2.29. The Morgan fingerprint density at radius 1 is 1.03 bits per heavy atom. The van der Waals surface area contributed by atoms with Gasteiger partial charge in [0.2, 0.25) is 5.95 Å². The van der Waals surface area contributed by atoms with Crippen LogP contribution in [0.15, 0.2) is 59.4 Å².